The molecule has 1 heterocycles. The molecule has 0 radical (unpaired) electrons. The number of nitro groups is 1. The average molecular weight is 517 g/mol. The van der Waals surface area contributed by atoms with Crippen LogP contribution in [0.5, 0.6) is 5.75 Å². The summed E-state index contributed by atoms with van der Waals surface area (Å²) in [6, 6.07) is 8.96. The summed E-state index contributed by atoms with van der Waals surface area (Å²) in [5, 5.41) is 23.3. The van der Waals surface area contributed by atoms with Crippen LogP contribution >= 0.6 is 46.6 Å². The molecule has 2 aromatic carbocycles. The third kappa shape index (κ3) is 6.04. The molecular weight excluding hydrogens is 501 g/mol. The Morgan fingerprint density at radius 1 is 1.19 bits per heavy atom. The monoisotopic (exact) mass is 515 g/mol. The van der Waals surface area contributed by atoms with Gasteiger partial charge >= 0.3 is 0 Å². The standard InChI is InChI=1S/C19H16Cl3N5O4S/c1-2-26-17(9-31-16-7-11(20)3-5-14(16)22)24-25-19(26)32-10-18(28)23-12-4-6-13(21)15(8-12)27(29)30/h3-8H,2,9-10H2,1H3,(H,23,28). The van der Waals surface area contributed by atoms with Crippen LogP contribution in [0.4, 0.5) is 11.4 Å². The van der Waals surface area contributed by atoms with Crippen molar-refractivity contribution in [2.75, 3.05) is 11.1 Å². The highest BCUT2D eigenvalue weighted by atomic mass is 35.5. The summed E-state index contributed by atoms with van der Waals surface area (Å²) in [4.78, 5) is 22.7. The minimum absolute atomic E-state index is 0.00719. The summed E-state index contributed by atoms with van der Waals surface area (Å²) in [6.45, 7) is 2.58. The average Bonchev–Trinajstić information content (AvgIpc) is 3.15. The second-order valence-electron chi connectivity index (χ2n) is 6.27. The highest BCUT2D eigenvalue weighted by molar-refractivity contribution is 7.99. The first-order chi connectivity index (χ1) is 15.3. The first-order valence-corrected chi connectivity index (χ1v) is 11.3. The van der Waals surface area contributed by atoms with E-state index in [1.807, 2.05) is 11.5 Å². The van der Waals surface area contributed by atoms with Gasteiger partial charge in [-0.25, -0.2) is 0 Å². The smallest absolute Gasteiger partial charge is 0.289 e. The van der Waals surface area contributed by atoms with Crippen LogP contribution in [0.1, 0.15) is 12.7 Å². The Kier molecular flexibility index (Phi) is 8.19. The first kappa shape index (κ1) is 24.1. The highest BCUT2D eigenvalue weighted by Crippen LogP contribution is 2.29. The Labute approximate surface area is 202 Å². The Morgan fingerprint density at radius 2 is 1.94 bits per heavy atom. The molecule has 0 aliphatic heterocycles. The van der Waals surface area contributed by atoms with E-state index in [-0.39, 0.29) is 34.7 Å². The summed E-state index contributed by atoms with van der Waals surface area (Å²) in [6.07, 6.45) is 0. The summed E-state index contributed by atoms with van der Waals surface area (Å²) in [5.74, 6) is 0.645. The second kappa shape index (κ2) is 10.9. The fraction of sp³-hybridized carbons (Fsp3) is 0.211. The van der Waals surface area contributed by atoms with E-state index >= 15 is 0 Å². The van der Waals surface area contributed by atoms with Crippen molar-refractivity contribution in [3.8, 4) is 5.75 Å². The Balaban J connectivity index is 1.61. The quantitative estimate of drug-likeness (QED) is 0.228. The molecule has 0 fully saturated rings. The zero-order valence-electron chi connectivity index (χ0n) is 16.5. The van der Waals surface area contributed by atoms with Crippen LogP contribution in [0.25, 0.3) is 0 Å². The van der Waals surface area contributed by atoms with Gasteiger partial charge in [-0.05, 0) is 31.2 Å². The molecule has 1 aromatic heterocycles. The van der Waals surface area contributed by atoms with E-state index in [1.165, 1.54) is 30.0 Å². The number of hydrogen-bond donors (Lipinski definition) is 1. The number of anilines is 1. The molecule has 1 N–H and O–H groups in total. The van der Waals surface area contributed by atoms with Crippen molar-refractivity contribution >= 4 is 63.8 Å². The van der Waals surface area contributed by atoms with Gasteiger partial charge in [-0.3, -0.25) is 14.9 Å². The maximum atomic E-state index is 12.3. The molecule has 0 aliphatic carbocycles. The topological polar surface area (TPSA) is 112 Å². The number of nitrogens with zero attached hydrogens (tertiary/aromatic N) is 4. The number of ether oxygens (including phenoxy) is 1. The number of nitrogens with one attached hydrogen (secondary N) is 1. The number of halogens is 3. The number of thioether (sulfide) groups is 1. The first-order valence-electron chi connectivity index (χ1n) is 9.15. The molecule has 168 valence electrons. The molecule has 3 aromatic rings. The number of carbonyl (C=O) groups is 1. The van der Waals surface area contributed by atoms with Crippen molar-refractivity contribution in [2.45, 2.75) is 25.2 Å². The Bertz CT molecular complexity index is 1160. The van der Waals surface area contributed by atoms with E-state index in [2.05, 4.69) is 15.5 Å². The number of carbonyl (C=O) groups excluding carboxylic acids is 1. The fourth-order valence-corrected chi connectivity index (χ4v) is 3.98. The summed E-state index contributed by atoms with van der Waals surface area (Å²) < 4.78 is 7.52. The fourth-order valence-electron chi connectivity index (χ4n) is 2.64. The van der Waals surface area contributed by atoms with Crippen LogP contribution in [0, 0.1) is 10.1 Å². The lowest BCUT2D eigenvalue weighted by molar-refractivity contribution is -0.384. The van der Waals surface area contributed by atoms with Crippen LogP contribution in [0.2, 0.25) is 15.1 Å². The molecule has 13 heteroatoms. The van der Waals surface area contributed by atoms with Crippen molar-refractivity contribution in [2.24, 2.45) is 0 Å². The van der Waals surface area contributed by atoms with Gasteiger partial charge in [0.25, 0.3) is 5.69 Å². The molecule has 32 heavy (non-hydrogen) atoms. The van der Waals surface area contributed by atoms with Gasteiger partial charge in [0.15, 0.2) is 11.0 Å². The van der Waals surface area contributed by atoms with Gasteiger partial charge in [0.2, 0.25) is 5.91 Å². The van der Waals surface area contributed by atoms with Gasteiger partial charge in [0.1, 0.15) is 17.4 Å². The third-order valence-corrected chi connectivity index (χ3v) is 5.95. The van der Waals surface area contributed by atoms with Gasteiger partial charge in [-0.1, -0.05) is 46.6 Å². The lowest BCUT2D eigenvalue weighted by Gasteiger charge is -2.10. The minimum Gasteiger partial charge on any atom is -0.484 e. The molecule has 0 atom stereocenters. The van der Waals surface area contributed by atoms with Gasteiger partial charge in [0.05, 0.1) is 15.7 Å². The van der Waals surface area contributed by atoms with E-state index in [0.717, 1.165) is 0 Å². The van der Waals surface area contributed by atoms with E-state index in [9.17, 15) is 14.9 Å². The van der Waals surface area contributed by atoms with Gasteiger partial charge in [0, 0.05) is 29.4 Å². The normalized spacial score (nSPS) is 10.8. The molecule has 0 aliphatic rings. The van der Waals surface area contributed by atoms with E-state index < -0.39 is 4.92 Å². The van der Waals surface area contributed by atoms with Crippen molar-refractivity contribution in [3.63, 3.8) is 0 Å². The van der Waals surface area contributed by atoms with Crippen molar-refractivity contribution in [1.82, 2.24) is 14.8 Å². The summed E-state index contributed by atoms with van der Waals surface area (Å²) in [5.41, 5.74) is -0.0107. The summed E-state index contributed by atoms with van der Waals surface area (Å²) >= 11 is 19.0. The van der Waals surface area contributed by atoms with E-state index in [4.69, 9.17) is 39.5 Å². The number of rotatable bonds is 9. The molecule has 0 saturated heterocycles. The molecule has 0 spiro atoms. The number of nitro benzene ring substituents is 1. The maximum absolute atomic E-state index is 12.3. The lowest BCUT2D eigenvalue weighted by Crippen LogP contribution is -2.15. The van der Waals surface area contributed by atoms with E-state index in [0.29, 0.717) is 33.3 Å². The molecule has 3 rings (SSSR count). The molecule has 9 nitrogen and oxygen atoms in total. The molecule has 0 unspecified atom stereocenters. The van der Waals surface area contributed by atoms with Crippen molar-refractivity contribution < 1.29 is 14.5 Å². The largest absolute Gasteiger partial charge is 0.484 e. The number of hydrogen-bond acceptors (Lipinski definition) is 7. The van der Waals surface area contributed by atoms with Gasteiger partial charge in [-0.15, -0.1) is 10.2 Å². The molecule has 1 amide bonds. The maximum Gasteiger partial charge on any atom is 0.289 e. The third-order valence-electron chi connectivity index (χ3n) is 4.12. The molecule has 0 bridgehead atoms. The van der Waals surface area contributed by atoms with Gasteiger partial charge < -0.3 is 14.6 Å². The second-order valence-corrected chi connectivity index (χ2v) is 8.46. The van der Waals surface area contributed by atoms with Crippen molar-refractivity contribution in [3.05, 3.63) is 67.4 Å². The van der Waals surface area contributed by atoms with Crippen LogP contribution in [0.15, 0.2) is 41.6 Å². The zero-order valence-corrected chi connectivity index (χ0v) is 19.6. The SMILES string of the molecule is CCn1c(COc2cc(Cl)ccc2Cl)nnc1SCC(=O)Nc1ccc(Cl)c([N+](=O)[O-])c1. The zero-order chi connectivity index (χ0) is 23.3. The molecular formula is C19H16Cl3N5O4S. The van der Waals surface area contributed by atoms with Crippen LogP contribution < -0.4 is 10.1 Å². The van der Waals surface area contributed by atoms with Crippen LogP contribution in [0.3, 0.4) is 0 Å². The Hall–Kier alpha value is -2.53. The number of aromatic nitrogens is 3. The lowest BCUT2D eigenvalue weighted by atomic mass is 10.3. The highest BCUT2D eigenvalue weighted by Gasteiger charge is 2.16. The summed E-state index contributed by atoms with van der Waals surface area (Å²) in [7, 11) is 0. The van der Waals surface area contributed by atoms with Crippen molar-refractivity contribution in [1.29, 1.82) is 0 Å². The Morgan fingerprint density at radius 3 is 2.66 bits per heavy atom. The molecule has 0 saturated carbocycles. The minimum atomic E-state index is -0.614. The number of benzene rings is 2. The van der Waals surface area contributed by atoms with Crippen LogP contribution in [-0.4, -0.2) is 31.3 Å². The van der Waals surface area contributed by atoms with Gasteiger partial charge in [-0.2, -0.15) is 0 Å². The van der Waals surface area contributed by atoms with E-state index in [1.54, 1.807) is 18.2 Å². The predicted molar refractivity (Wildman–Crippen MR) is 124 cm³/mol. The van der Waals surface area contributed by atoms with Crippen LogP contribution in [-0.2, 0) is 17.9 Å². The number of amides is 1. The predicted octanol–water partition coefficient (Wildman–Crippen LogP) is 5.48.